The minimum atomic E-state index is -0.663. The molecule has 0 atom stereocenters. The second kappa shape index (κ2) is 7.07. The van der Waals surface area contributed by atoms with E-state index in [0.717, 1.165) is 54.7 Å². The zero-order valence-electron chi connectivity index (χ0n) is 14.5. The summed E-state index contributed by atoms with van der Waals surface area (Å²) >= 11 is 1.47. The molecule has 0 amide bonds. The van der Waals surface area contributed by atoms with Gasteiger partial charge in [-0.3, -0.25) is 15.0 Å². The van der Waals surface area contributed by atoms with Crippen molar-refractivity contribution in [1.29, 1.82) is 0 Å². The first kappa shape index (κ1) is 17.6. The molecule has 8 nitrogen and oxygen atoms in total. The van der Waals surface area contributed by atoms with Crippen LogP contribution in [0, 0.1) is 10.1 Å². The number of fused-ring (bicyclic) bond motifs is 1. The van der Waals surface area contributed by atoms with E-state index in [2.05, 4.69) is 14.8 Å². The van der Waals surface area contributed by atoms with Gasteiger partial charge in [-0.1, -0.05) is 11.3 Å². The summed E-state index contributed by atoms with van der Waals surface area (Å²) in [7, 11) is 0. The van der Waals surface area contributed by atoms with E-state index >= 15 is 0 Å². The first-order chi connectivity index (χ1) is 12.5. The third-order valence-corrected chi connectivity index (χ3v) is 6.24. The highest BCUT2D eigenvalue weighted by molar-refractivity contribution is 7.22. The van der Waals surface area contributed by atoms with E-state index in [-0.39, 0.29) is 10.6 Å². The maximum atomic E-state index is 10.9. The maximum absolute atomic E-state index is 10.9. The quantitative estimate of drug-likeness (QED) is 0.641. The first-order valence-corrected chi connectivity index (χ1v) is 9.67. The zero-order valence-corrected chi connectivity index (χ0v) is 15.3. The Hall–Kier alpha value is -1.81. The number of morpholine rings is 1. The molecule has 0 bridgehead atoms. The number of nitro benzene ring substituents is 1. The lowest BCUT2D eigenvalue weighted by molar-refractivity contribution is -0.384. The maximum Gasteiger partial charge on any atom is 0.270 e. The topological polar surface area (TPSA) is 92.0 Å². The summed E-state index contributed by atoms with van der Waals surface area (Å²) in [4.78, 5) is 19.6. The summed E-state index contributed by atoms with van der Waals surface area (Å²) in [6.07, 6.45) is 1.39. The second-order valence-electron chi connectivity index (χ2n) is 7.01. The number of β-amino-alcohol motifs (C(OH)–C–C–N with tert-alkyl or cyclic N) is 1. The van der Waals surface area contributed by atoms with Crippen LogP contribution in [-0.4, -0.2) is 71.5 Å². The predicted molar refractivity (Wildman–Crippen MR) is 99.9 cm³/mol. The van der Waals surface area contributed by atoms with Gasteiger partial charge in [0.2, 0.25) is 0 Å². The summed E-state index contributed by atoms with van der Waals surface area (Å²) in [5.74, 6) is 0. The number of nitro groups is 1. The molecular formula is C17H22N4O4S. The number of nitrogens with zero attached hydrogens (tertiary/aromatic N) is 4. The number of benzene rings is 1. The highest BCUT2D eigenvalue weighted by atomic mass is 32.1. The molecule has 2 aromatic rings. The van der Waals surface area contributed by atoms with Crippen LogP contribution in [0.5, 0.6) is 0 Å². The van der Waals surface area contributed by atoms with Crippen molar-refractivity contribution < 1.29 is 14.8 Å². The summed E-state index contributed by atoms with van der Waals surface area (Å²) in [5, 5.41) is 22.7. The lowest BCUT2D eigenvalue weighted by atomic mass is 9.91. The Bertz CT molecular complexity index is 797. The highest BCUT2D eigenvalue weighted by Crippen LogP contribution is 2.34. The van der Waals surface area contributed by atoms with E-state index in [0.29, 0.717) is 19.4 Å². The number of hydrogen-bond donors (Lipinski definition) is 1. The second-order valence-corrected chi connectivity index (χ2v) is 8.01. The fourth-order valence-electron chi connectivity index (χ4n) is 3.60. The third kappa shape index (κ3) is 3.66. The number of ether oxygens (including phenoxy) is 1. The number of hydrogen-bond acceptors (Lipinski definition) is 8. The number of thiazole rings is 1. The van der Waals surface area contributed by atoms with Crippen LogP contribution in [-0.2, 0) is 4.74 Å². The molecule has 2 aliphatic heterocycles. The Morgan fingerprint density at radius 2 is 2.00 bits per heavy atom. The van der Waals surface area contributed by atoms with Crippen molar-refractivity contribution in [2.75, 3.05) is 50.8 Å². The molecule has 1 aromatic heterocycles. The minimum Gasteiger partial charge on any atom is -0.388 e. The molecule has 0 saturated carbocycles. The van der Waals surface area contributed by atoms with Crippen LogP contribution in [0.25, 0.3) is 10.2 Å². The molecule has 9 heteroatoms. The Morgan fingerprint density at radius 1 is 1.27 bits per heavy atom. The van der Waals surface area contributed by atoms with E-state index in [9.17, 15) is 15.2 Å². The van der Waals surface area contributed by atoms with Gasteiger partial charge in [-0.25, -0.2) is 4.98 Å². The van der Waals surface area contributed by atoms with Crippen LogP contribution in [0.3, 0.4) is 0 Å². The average molecular weight is 378 g/mol. The molecule has 1 N–H and O–H groups in total. The van der Waals surface area contributed by atoms with Gasteiger partial charge in [0.1, 0.15) is 0 Å². The molecule has 0 unspecified atom stereocenters. The summed E-state index contributed by atoms with van der Waals surface area (Å²) in [6, 6.07) is 4.77. The van der Waals surface area contributed by atoms with Gasteiger partial charge in [0.25, 0.3) is 5.69 Å². The van der Waals surface area contributed by atoms with Gasteiger partial charge in [0.15, 0.2) is 5.13 Å². The Labute approximate surface area is 155 Å². The number of anilines is 1. The van der Waals surface area contributed by atoms with Gasteiger partial charge in [-0.15, -0.1) is 0 Å². The number of aliphatic hydroxyl groups is 1. The summed E-state index contributed by atoms with van der Waals surface area (Å²) < 4.78 is 6.19. The van der Waals surface area contributed by atoms with E-state index in [1.165, 1.54) is 17.4 Å². The Balaban J connectivity index is 1.42. The fraction of sp³-hybridized carbons (Fsp3) is 0.588. The molecule has 2 fully saturated rings. The molecule has 140 valence electrons. The van der Waals surface area contributed by atoms with Gasteiger partial charge >= 0.3 is 0 Å². The van der Waals surface area contributed by atoms with Crippen molar-refractivity contribution in [1.82, 2.24) is 9.88 Å². The molecular weight excluding hydrogens is 356 g/mol. The van der Waals surface area contributed by atoms with Crippen LogP contribution in [0.4, 0.5) is 10.8 Å². The van der Waals surface area contributed by atoms with Crippen molar-refractivity contribution in [3.63, 3.8) is 0 Å². The van der Waals surface area contributed by atoms with E-state index in [1.807, 2.05) is 0 Å². The average Bonchev–Trinajstić information content (AvgIpc) is 3.06. The van der Waals surface area contributed by atoms with Crippen molar-refractivity contribution in [3.05, 3.63) is 28.3 Å². The van der Waals surface area contributed by atoms with E-state index in [1.54, 1.807) is 12.1 Å². The molecule has 3 heterocycles. The molecule has 2 aliphatic rings. The van der Waals surface area contributed by atoms with Crippen LogP contribution < -0.4 is 4.90 Å². The summed E-state index contributed by atoms with van der Waals surface area (Å²) in [5.41, 5.74) is 0.208. The predicted octanol–water partition coefficient (Wildman–Crippen LogP) is 1.87. The molecule has 1 aromatic carbocycles. The van der Waals surface area contributed by atoms with Gasteiger partial charge in [-0.05, 0) is 18.9 Å². The fourth-order valence-corrected chi connectivity index (χ4v) is 4.65. The van der Waals surface area contributed by atoms with Gasteiger partial charge in [0, 0.05) is 44.9 Å². The lowest BCUT2D eigenvalue weighted by Gasteiger charge is -2.41. The van der Waals surface area contributed by atoms with Gasteiger partial charge in [0.05, 0.1) is 34.0 Å². The number of non-ortho nitro benzene ring substituents is 1. The first-order valence-electron chi connectivity index (χ1n) is 8.85. The summed E-state index contributed by atoms with van der Waals surface area (Å²) in [6.45, 7) is 5.40. The molecule has 0 radical (unpaired) electrons. The highest BCUT2D eigenvalue weighted by Gasteiger charge is 2.35. The van der Waals surface area contributed by atoms with E-state index in [4.69, 9.17) is 4.74 Å². The molecule has 0 aliphatic carbocycles. The van der Waals surface area contributed by atoms with Crippen LogP contribution in [0.2, 0.25) is 0 Å². The molecule has 4 rings (SSSR count). The molecule has 2 saturated heterocycles. The van der Waals surface area contributed by atoms with Crippen LogP contribution >= 0.6 is 11.3 Å². The molecule has 0 spiro atoms. The van der Waals surface area contributed by atoms with Crippen molar-refractivity contribution in [2.24, 2.45) is 0 Å². The monoisotopic (exact) mass is 378 g/mol. The van der Waals surface area contributed by atoms with Crippen molar-refractivity contribution in [2.45, 2.75) is 18.4 Å². The minimum absolute atomic E-state index is 0.0891. The number of aromatic nitrogens is 1. The number of rotatable bonds is 4. The smallest absolute Gasteiger partial charge is 0.270 e. The Morgan fingerprint density at radius 3 is 2.69 bits per heavy atom. The standard InChI is InChI=1S/C17H22N4O4S/c22-17(12-19-7-9-25-10-8-19)3-5-20(6-4-17)16-18-14-2-1-13(21(23)24)11-15(14)26-16/h1-2,11,22H,3-10,12H2. The van der Waals surface area contributed by atoms with E-state index < -0.39 is 5.60 Å². The largest absolute Gasteiger partial charge is 0.388 e. The van der Waals surface area contributed by atoms with Crippen LogP contribution in [0.1, 0.15) is 12.8 Å². The van der Waals surface area contributed by atoms with Gasteiger partial charge in [-0.2, -0.15) is 0 Å². The van der Waals surface area contributed by atoms with Crippen LogP contribution in [0.15, 0.2) is 18.2 Å². The normalized spacial score (nSPS) is 21.2. The third-order valence-electron chi connectivity index (χ3n) is 5.16. The number of piperidine rings is 1. The lowest BCUT2D eigenvalue weighted by Crippen LogP contribution is -2.53. The molecule has 26 heavy (non-hydrogen) atoms. The Kier molecular flexibility index (Phi) is 4.78. The van der Waals surface area contributed by atoms with Crippen molar-refractivity contribution >= 4 is 32.4 Å². The van der Waals surface area contributed by atoms with Gasteiger partial charge < -0.3 is 14.7 Å². The zero-order chi connectivity index (χ0) is 18.1. The van der Waals surface area contributed by atoms with Crippen molar-refractivity contribution in [3.8, 4) is 0 Å². The SMILES string of the molecule is O=[N+]([O-])c1ccc2nc(N3CCC(O)(CN4CCOCC4)CC3)sc2c1.